The van der Waals surface area contributed by atoms with Crippen LogP contribution in [-0.2, 0) is 0 Å². The Labute approximate surface area is 114 Å². The molecule has 4 heteroatoms. The van der Waals surface area contributed by atoms with Gasteiger partial charge in [0.25, 0.3) is 0 Å². The number of nitrogens with zero attached hydrogens (tertiary/aromatic N) is 2. The summed E-state index contributed by atoms with van der Waals surface area (Å²) in [5.74, 6) is 1.68. The second-order valence-electron chi connectivity index (χ2n) is 4.47. The molecule has 1 aliphatic rings. The summed E-state index contributed by atoms with van der Waals surface area (Å²) in [6.07, 6.45) is 2.75. The number of aromatic nitrogens is 2. The smallest absolute Gasteiger partial charge is 0.127 e. The molecule has 18 heavy (non-hydrogen) atoms. The van der Waals surface area contributed by atoms with E-state index in [0.29, 0.717) is 6.10 Å². The van der Waals surface area contributed by atoms with Crippen molar-refractivity contribution in [3.63, 3.8) is 0 Å². The predicted molar refractivity (Wildman–Crippen MR) is 73.6 cm³/mol. The molecule has 0 bridgehead atoms. The lowest BCUT2D eigenvalue weighted by Gasteiger charge is -2.07. The minimum absolute atomic E-state index is 0.416. The average molecular weight is 305 g/mol. The number of hydrogen-bond acceptors (Lipinski definition) is 3. The normalized spacial score (nSPS) is 14.6. The Balaban J connectivity index is 1.94. The van der Waals surface area contributed by atoms with Crippen molar-refractivity contribution in [3.8, 4) is 17.0 Å². The summed E-state index contributed by atoms with van der Waals surface area (Å²) in [6.45, 7) is 1.89. The van der Waals surface area contributed by atoms with Gasteiger partial charge in [-0.15, -0.1) is 0 Å². The van der Waals surface area contributed by atoms with Crippen LogP contribution in [0.3, 0.4) is 0 Å². The zero-order valence-electron chi connectivity index (χ0n) is 10.1. The molecule has 0 saturated heterocycles. The van der Waals surface area contributed by atoms with Crippen molar-refractivity contribution in [1.29, 1.82) is 0 Å². The maximum atomic E-state index is 5.79. The van der Waals surface area contributed by atoms with Crippen molar-refractivity contribution < 1.29 is 4.74 Å². The number of halogens is 1. The van der Waals surface area contributed by atoms with Crippen molar-refractivity contribution in [2.24, 2.45) is 0 Å². The number of aryl methyl sites for hydroxylation is 1. The first-order valence-corrected chi connectivity index (χ1v) is 6.78. The van der Waals surface area contributed by atoms with Gasteiger partial charge >= 0.3 is 0 Å². The molecule has 0 atom stereocenters. The van der Waals surface area contributed by atoms with Gasteiger partial charge in [-0.1, -0.05) is 12.1 Å². The van der Waals surface area contributed by atoms with Crippen LogP contribution in [0.1, 0.15) is 18.7 Å². The van der Waals surface area contributed by atoms with Gasteiger partial charge in [-0.2, -0.15) is 0 Å². The molecule has 1 aromatic carbocycles. The molecular formula is C14H13BrN2O. The van der Waals surface area contributed by atoms with E-state index in [1.807, 2.05) is 37.3 Å². The number of ether oxygens (including phenoxy) is 1. The summed E-state index contributed by atoms with van der Waals surface area (Å²) >= 11 is 3.40. The topological polar surface area (TPSA) is 35.0 Å². The van der Waals surface area contributed by atoms with E-state index < -0.39 is 0 Å². The van der Waals surface area contributed by atoms with E-state index in [1.165, 1.54) is 12.8 Å². The van der Waals surface area contributed by atoms with Crippen molar-refractivity contribution in [3.05, 3.63) is 40.8 Å². The Morgan fingerprint density at radius 3 is 2.78 bits per heavy atom. The van der Waals surface area contributed by atoms with Gasteiger partial charge in [0.1, 0.15) is 16.2 Å². The fourth-order valence-corrected chi connectivity index (χ4v) is 2.26. The highest BCUT2D eigenvalue weighted by atomic mass is 79.9. The minimum atomic E-state index is 0.416. The Bertz CT molecular complexity index is 562. The molecule has 1 aliphatic carbocycles. The van der Waals surface area contributed by atoms with E-state index in [9.17, 15) is 0 Å². The van der Waals surface area contributed by atoms with E-state index in [4.69, 9.17) is 4.74 Å². The first-order chi connectivity index (χ1) is 8.70. The van der Waals surface area contributed by atoms with Crippen LogP contribution in [0.15, 0.2) is 34.9 Å². The van der Waals surface area contributed by atoms with Crippen LogP contribution in [0.2, 0.25) is 0 Å². The van der Waals surface area contributed by atoms with Crippen molar-refractivity contribution >= 4 is 15.9 Å². The van der Waals surface area contributed by atoms with Crippen LogP contribution < -0.4 is 4.74 Å². The fraction of sp³-hybridized carbons (Fsp3) is 0.286. The first-order valence-electron chi connectivity index (χ1n) is 5.99. The standard InChI is InChI=1S/C14H13BrN2O/c1-9-16-13(8-14(15)17-9)10-3-2-4-12(7-10)18-11-5-6-11/h2-4,7-8,11H,5-6H2,1H3. The molecule has 0 spiro atoms. The molecule has 0 radical (unpaired) electrons. The Morgan fingerprint density at radius 2 is 2.06 bits per heavy atom. The number of hydrogen-bond donors (Lipinski definition) is 0. The van der Waals surface area contributed by atoms with Crippen molar-refractivity contribution in [2.75, 3.05) is 0 Å². The maximum Gasteiger partial charge on any atom is 0.127 e. The lowest BCUT2D eigenvalue weighted by atomic mass is 10.1. The zero-order chi connectivity index (χ0) is 12.5. The van der Waals surface area contributed by atoms with Gasteiger partial charge in [0, 0.05) is 5.56 Å². The van der Waals surface area contributed by atoms with Crippen molar-refractivity contribution in [2.45, 2.75) is 25.9 Å². The molecule has 0 unspecified atom stereocenters. The third kappa shape index (κ3) is 2.70. The molecule has 0 N–H and O–H groups in total. The zero-order valence-corrected chi connectivity index (χ0v) is 11.6. The highest BCUT2D eigenvalue weighted by molar-refractivity contribution is 9.10. The largest absolute Gasteiger partial charge is 0.490 e. The van der Waals surface area contributed by atoms with E-state index in [2.05, 4.69) is 25.9 Å². The van der Waals surface area contributed by atoms with Crippen LogP contribution in [-0.4, -0.2) is 16.1 Å². The van der Waals surface area contributed by atoms with Crippen LogP contribution in [0.4, 0.5) is 0 Å². The van der Waals surface area contributed by atoms with Gasteiger partial charge in [0.2, 0.25) is 0 Å². The van der Waals surface area contributed by atoms with Crippen LogP contribution in [0.25, 0.3) is 11.3 Å². The number of benzene rings is 1. The predicted octanol–water partition coefficient (Wildman–Crippen LogP) is 3.76. The average Bonchev–Trinajstić information content (AvgIpc) is 3.12. The van der Waals surface area contributed by atoms with Crippen LogP contribution in [0, 0.1) is 6.92 Å². The Morgan fingerprint density at radius 1 is 1.22 bits per heavy atom. The van der Waals surface area contributed by atoms with Crippen LogP contribution in [0.5, 0.6) is 5.75 Å². The van der Waals surface area contributed by atoms with E-state index in [1.54, 1.807) is 0 Å². The monoisotopic (exact) mass is 304 g/mol. The molecule has 1 heterocycles. The molecule has 92 valence electrons. The SMILES string of the molecule is Cc1nc(Br)cc(-c2cccc(OC3CC3)c2)n1. The lowest BCUT2D eigenvalue weighted by Crippen LogP contribution is -1.96. The third-order valence-electron chi connectivity index (χ3n) is 2.76. The minimum Gasteiger partial charge on any atom is -0.490 e. The highest BCUT2D eigenvalue weighted by Crippen LogP contribution is 2.29. The molecule has 3 nitrogen and oxygen atoms in total. The second-order valence-corrected chi connectivity index (χ2v) is 5.28. The van der Waals surface area contributed by atoms with Gasteiger partial charge in [-0.3, -0.25) is 0 Å². The van der Waals surface area contributed by atoms with E-state index in [0.717, 1.165) is 27.4 Å². The lowest BCUT2D eigenvalue weighted by molar-refractivity contribution is 0.303. The van der Waals surface area contributed by atoms with Gasteiger partial charge in [0.15, 0.2) is 0 Å². The fourth-order valence-electron chi connectivity index (χ4n) is 1.79. The van der Waals surface area contributed by atoms with E-state index >= 15 is 0 Å². The summed E-state index contributed by atoms with van der Waals surface area (Å²) in [7, 11) is 0. The molecule has 1 saturated carbocycles. The molecule has 2 aromatic rings. The molecule has 3 rings (SSSR count). The summed E-state index contributed by atoms with van der Waals surface area (Å²) in [4.78, 5) is 8.66. The van der Waals surface area contributed by atoms with E-state index in [-0.39, 0.29) is 0 Å². The first kappa shape index (κ1) is 11.7. The quantitative estimate of drug-likeness (QED) is 0.810. The maximum absolute atomic E-state index is 5.79. The molecule has 0 aliphatic heterocycles. The van der Waals surface area contributed by atoms with Crippen LogP contribution >= 0.6 is 15.9 Å². The molecule has 1 aromatic heterocycles. The van der Waals surface area contributed by atoms with Gasteiger partial charge in [-0.05, 0) is 53.9 Å². The van der Waals surface area contributed by atoms with Gasteiger partial charge in [-0.25, -0.2) is 9.97 Å². The molecule has 1 fully saturated rings. The summed E-state index contributed by atoms with van der Waals surface area (Å²) < 4.78 is 6.60. The Kier molecular flexibility index (Phi) is 3.04. The number of rotatable bonds is 3. The van der Waals surface area contributed by atoms with Gasteiger partial charge in [0.05, 0.1) is 11.8 Å². The molecule has 0 amide bonds. The summed E-state index contributed by atoms with van der Waals surface area (Å²) in [6, 6.07) is 9.98. The Hall–Kier alpha value is -1.42. The molecular weight excluding hydrogens is 292 g/mol. The van der Waals surface area contributed by atoms with Gasteiger partial charge < -0.3 is 4.74 Å². The second kappa shape index (κ2) is 4.69. The third-order valence-corrected chi connectivity index (χ3v) is 3.17. The highest BCUT2D eigenvalue weighted by Gasteiger charge is 2.23. The summed E-state index contributed by atoms with van der Waals surface area (Å²) in [5, 5.41) is 0. The summed E-state index contributed by atoms with van der Waals surface area (Å²) in [5.41, 5.74) is 1.97. The van der Waals surface area contributed by atoms with Crippen molar-refractivity contribution in [1.82, 2.24) is 9.97 Å².